The second kappa shape index (κ2) is 6.97. The normalized spacial score (nSPS) is 12.0. The van der Waals surface area contributed by atoms with Crippen molar-refractivity contribution in [2.75, 3.05) is 0 Å². The number of aryl methyl sites for hydroxylation is 2. The molecule has 0 bridgehead atoms. The van der Waals surface area contributed by atoms with Crippen molar-refractivity contribution >= 4 is 34.6 Å². The summed E-state index contributed by atoms with van der Waals surface area (Å²) in [5, 5.41) is 23.5. The molecule has 0 aliphatic heterocycles. The molecule has 144 valence electrons. The molecule has 4 rings (SSSR count). The van der Waals surface area contributed by atoms with Crippen molar-refractivity contribution < 1.29 is 13.2 Å². The van der Waals surface area contributed by atoms with Crippen LogP contribution in [-0.2, 0) is 20.3 Å². The third-order valence-electron chi connectivity index (χ3n) is 3.48. The van der Waals surface area contributed by atoms with Gasteiger partial charge in [-0.2, -0.15) is 13.2 Å². The quantitative estimate of drug-likeness (QED) is 0.480. The maximum atomic E-state index is 13.4. The summed E-state index contributed by atoms with van der Waals surface area (Å²) in [6, 6.07) is 3.72. The van der Waals surface area contributed by atoms with E-state index in [0.717, 1.165) is 29.6 Å². The van der Waals surface area contributed by atoms with Gasteiger partial charge in [-0.3, -0.25) is 0 Å². The van der Waals surface area contributed by atoms with Crippen LogP contribution in [0.5, 0.6) is 0 Å². The fourth-order valence-electron chi connectivity index (χ4n) is 2.20. The van der Waals surface area contributed by atoms with Gasteiger partial charge in [0.15, 0.2) is 0 Å². The third-order valence-corrected chi connectivity index (χ3v) is 5.62. The second-order valence-electron chi connectivity index (χ2n) is 5.38. The lowest BCUT2D eigenvalue weighted by Crippen LogP contribution is -2.08. The first kappa shape index (κ1) is 18.5. The van der Waals surface area contributed by atoms with Crippen molar-refractivity contribution in [3.63, 3.8) is 0 Å². The monoisotopic (exact) mass is 426 g/mol. The van der Waals surface area contributed by atoms with E-state index in [2.05, 4.69) is 41.0 Å². The average Bonchev–Trinajstić information content (AvgIpc) is 3.22. The van der Waals surface area contributed by atoms with Gasteiger partial charge in [-0.1, -0.05) is 6.07 Å². The Morgan fingerprint density at radius 2 is 1.43 bits per heavy atom. The lowest BCUT2D eigenvalue weighted by Gasteiger charge is -2.12. The minimum atomic E-state index is -4.56. The number of hydrogen-bond donors (Lipinski definition) is 0. The number of alkyl halides is 3. The van der Waals surface area contributed by atoms with E-state index in [1.54, 1.807) is 14.1 Å². The van der Waals surface area contributed by atoms with Crippen LogP contribution in [0.1, 0.15) is 5.56 Å². The van der Waals surface area contributed by atoms with E-state index in [1.807, 2.05) is 0 Å². The van der Waals surface area contributed by atoms with Gasteiger partial charge < -0.3 is 0 Å². The van der Waals surface area contributed by atoms with Crippen LogP contribution in [0.3, 0.4) is 0 Å². The summed E-state index contributed by atoms with van der Waals surface area (Å²) in [7, 11) is 3.25. The van der Waals surface area contributed by atoms with E-state index < -0.39 is 11.7 Å². The highest BCUT2D eigenvalue weighted by atomic mass is 32.2. The third kappa shape index (κ3) is 3.49. The minimum Gasteiger partial charge on any atom is -0.236 e. The lowest BCUT2D eigenvalue weighted by atomic mass is 10.1. The van der Waals surface area contributed by atoms with Gasteiger partial charge in [-0.25, -0.2) is 19.3 Å². The Bertz CT molecular complexity index is 1160. The highest BCUT2D eigenvalue weighted by molar-refractivity contribution is 8.02. The Labute approximate surface area is 162 Å². The number of rotatable bonds is 4. The first-order chi connectivity index (χ1) is 13.3. The predicted octanol–water partition coefficient (Wildman–Crippen LogP) is 2.00. The van der Waals surface area contributed by atoms with Gasteiger partial charge >= 0.3 is 6.18 Å². The minimum absolute atomic E-state index is 0.105. The smallest absolute Gasteiger partial charge is 0.236 e. The Hall–Kier alpha value is -2.81. The van der Waals surface area contributed by atoms with Gasteiger partial charge in [0.2, 0.25) is 10.3 Å². The molecule has 0 atom stereocenters. The standard InChI is InChI=1S/C13H9F3N10S2/c1-25-11(19-21-23-25)27-9-10(28-12-20-22-24-26(12)2)18-8-6(13(14,15)16)4-3-5-7(8)17-9/h3-5H,1-2H3. The van der Waals surface area contributed by atoms with Crippen LogP contribution in [-0.4, -0.2) is 50.4 Å². The van der Waals surface area contributed by atoms with Gasteiger partial charge in [-0.15, -0.1) is 10.2 Å². The van der Waals surface area contributed by atoms with Crippen molar-refractivity contribution in [2.24, 2.45) is 14.1 Å². The molecule has 0 aliphatic rings. The summed E-state index contributed by atoms with van der Waals surface area (Å²) in [5.41, 5.74) is -1.02. The van der Waals surface area contributed by atoms with Crippen LogP contribution in [0.4, 0.5) is 13.2 Å². The summed E-state index contributed by atoms with van der Waals surface area (Å²) in [6.07, 6.45) is -4.56. The molecule has 0 fully saturated rings. The van der Waals surface area contributed by atoms with Gasteiger partial charge in [-0.05, 0) is 56.5 Å². The SMILES string of the molecule is Cn1nnnc1Sc1nc2cccc(C(F)(F)F)c2nc1Sc1nnnn1C. The number of hydrogen-bond acceptors (Lipinski definition) is 10. The Morgan fingerprint density at radius 1 is 0.857 bits per heavy atom. The lowest BCUT2D eigenvalue weighted by molar-refractivity contribution is -0.136. The number of benzene rings is 1. The maximum absolute atomic E-state index is 13.4. The zero-order chi connectivity index (χ0) is 19.9. The van der Waals surface area contributed by atoms with E-state index in [-0.39, 0.29) is 16.1 Å². The molecule has 0 radical (unpaired) electrons. The van der Waals surface area contributed by atoms with Crippen LogP contribution in [0.15, 0.2) is 38.6 Å². The molecule has 0 N–H and O–H groups in total. The zero-order valence-electron chi connectivity index (χ0n) is 14.2. The molecule has 15 heteroatoms. The molecule has 0 amide bonds. The van der Waals surface area contributed by atoms with Crippen molar-refractivity contribution in [1.82, 2.24) is 50.4 Å². The zero-order valence-corrected chi connectivity index (χ0v) is 15.8. The van der Waals surface area contributed by atoms with E-state index in [9.17, 15) is 13.2 Å². The molecule has 0 spiro atoms. The Balaban J connectivity index is 1.89. The van der Waals surface area contributed by atoms with Crippen molar-refractivity contribution in [2.45, 2.75) is 26.5 Å². The van der Waals surface area contributed by atoms with Crippen LogP contribution < -0.4 is 0 Å². The first-order valence-corrected chi connectivity index (χ1v) is 9.14. The number of nitrogens with zero attached hydrogens (tertiary/aromatic N) is 10. The van der Waals surface area contributed by atoms with Crippen molar-refractivity contribution in [3.8, 4) is 0 Å². The molecule has 4 aromatic rings. The second-order valence-corrected chi connectivity index (χ2v) is 7.29. The van der Waals surface area contributed by atoms with E-state index in [0.29, 0.717) is 15.3 Å². The largest absolute Gasteiger partial charge is 0.418 e. The van der Waals surface area contributed by atoms with Crippen LogP contribution >= 0.6 is 23.5 Å². The number of fused-ring (bicyclic) bond motifs is 1. The molecule has 0 saturated carbocycles. The fourth-order valence-corrected chi connectivity index (χ4v) is 3.83. The first-order valence-electron chi connectivity index (χ1n) is 7.51. The summed E-state index contributed by atoms with van der Waals surface area (Å²) < 4.78 is 43.0. The van der Waals surface area contributed by atoms with Crippen LogP contribution in [0.25, 0.3) is 11.0 Å². The molecule has 0 saturated heterocycles. The predicted molar refractivity (Wildman–Crippen MR) is 90.4 cm³/mol. The highest BCUT2D eigenvalue weighted by Gasteiger charge is 2.34. The number of aromatic nitrogens is 10. The van der Waals surface area contributed by atoms with Gasteiger partial charge in [0.1, 0.15) is 15.6 Å². The molecule has 0 unspecified atom stereocenters. The fraction of sp³-hybridized carbons (Fsp3) is 0.231. The van der Waals surface area contributed by atoms with E-state index in [4.69, 9.17) is 0 Å². The molecule has 3 heterocycles. The van der Waals surface area contributed by atoms with Crippen LogP contribution in [0.2, 0.25) is 0 Å². The molecule has 0 aliphatic carbocycles. The Kier molecular flexibility index (Phi) is 4.62. The number of para-hydroxylation sites is 1. The molecule has 28 heavy (non-hydrogen) atoms. The van der Waals surface area contributed by atoms with E-state index in [1.165, 1.54) is 21.5 Å². The Morgan fingerprint density at radius 3 is 1.93 bits per heavy atom. The van der Waals surface area contributed by atoms with Gasteiger partial charge in [0, 0.05) is 14.1 Å². The summed E-state index contributed by atoms with van der Waals surface area (Å²) in [4.78, 5) is 8.61. The average molecular weight is 426 g/mol. The maximum Gasteiger partial charge on any atom is 0.418 e. The summed E-state index contributed by atoms with van der Waals surface area (Å²) in [5.74, 6) is 0. The number of tetrazole rings is 2. The molecule has 10 nitrogen and oxygen atoms in total. The molecular weight excluding hydrogens is 417 g/mol. The van der Waals surface area contributed by atoms with Crippen LogP contribution in [0, 0.1) is 0 Å². The topological polar surface area (TPSA) is 113 Å². The molecular formula is C13H9F3N10S2. The van der Waals surface area contributed by atoms with Gasteiger partial charge in [0.05, 0.1) is 11.1 Å². The highest BCUT2D eigenvalue weighted by Crippen LogP contribution is 2.39. The van der Waals surface area contributed by atoms with Crippen molar-refractivity contribution in [1.29, 1.82) is 0 Å². The molecule has 3 aromatic heterocycles. The summed E-state index contributed by atoms with van der Waals surface area (Å²) >= 11 is 2.07. The van der Waals surface area contributed by atoms with Crippen molar-refractivity contribution in [3.05, 3.63) is 23.8 Å². The molecule has 1 aromatic carbocycles. The number of halogens is 3. The van der Waals surface area contributed by atoms with Gasteiger partial charge in [0.25, 0.3) is 0 Å². The van der Waals surface area contributed by atoms with E-state index >= 15 is 0 Å². The summed E-state index contributed by atoms with van der Waals surface area (Å²) in [6.45, 7) is 0.